The monoisotopic (exact) mass is 321 g/mol. The molecule has 0 aliphatic rings. The first-order valence-corrected chi connectivity index (χ1v) is 7.25. The average Bonchev–Trinajstić information content (AvgIpc) is 2.29. The number of amides is 1. The van der Waals surface area contributed by atoms with E-state index in [1.165, 1.54) is 23.9 Å². The third-order valence-electron chi connectivity index (χ3n) is 2.10. The molecule has 0 saturated heterocycles. The zero-order valence-corrected chi connectivity index (χ0v) is 12.7. The molecule has 2 N–H and O–H groups in total. The lowest BCUT2D eigenvalue weighted by Crippen LogP contribution is -2.18. The predicted molar refractivity (Wildman–Crippen MR) is 79.6 cm³/mol. The Morgan fingerprint density at radius 2 is 2.00 bits per heavy atom. The highest BCUT2D eigenvalue weighted by Crippen LogP contribution is 2.30. The lowest BCUT2D eigenvalue weighted by Gasteiger charge is -2.11. The molecule has 0 aromatic heterocycles. The highest BCUT2D eigenvalue weighted by Gasteiger charge is 2.17. The van der Waals surface area contributed by atoms with Gasteiger partial charge in [-0.05, 0) is 17.4 Å². The van der Waals surface area contributed by atoms with Gasteiger partial charge in [-0.3, -0.25) is 4.79 Å². The highest BCUT2D eigenvalue weighted by atomic mass is 35.5. The number of carboxylic acids is 1. The van der Waals surface area contributed by atoms with Crippen LogP contribution >= 0.6 is 35.0 Å². The zero-order chi connectivity index (χ0) is 14.6. The summed E-state index contributed by atoms with van der Waals surface area (Å²) in [6.45, 7) is 3.94. The number of hydrogen-bond acceptors (Lipinski definition) is 3. The second kappa shape index (κ2) is 7.03. The van der Waals surface area contributed by atoms with Crippen LogP contribution in [0.2, 0.25) is 10.0 Å². The Bertz CT molecular complexity index is 506. The number of anilines is 1. The van der Waals surface area contributed by atoms with E-state index in [4.69, 9.17) is 28.3 Å². The summed E-state index contributed by atoms with van der Waals surface area (Å²) in [5.41, 5.74) is -0.0479. The number of carbonyl (C=O) groups is 2. The molecular formula is C12H13Cl2NO3S. The van der Waals surface area contributed by atoms with Crippen LogP contribution in [0.25, 0.3) is 0 Å². The summed E-state index contributed by atoms with van der Waals surface area (Å²) in [7, 11) is 0. The fourth-order valence-corrected chi connectivity index (χ4v) is 2.38. The van der Waals surface area contributed by atoms with Crippen molar-refractivity contribution >= 4 is 52.5 Å². The third-order valence-corrected chi connectivity index (χ3v) is 3.71. The largest absolute Gasteiger partial charge is 0.478 e. The van der Waals surface area contributed by atoms with E-state index < -0.39 is 5.97 Å². The van der Waals surface area contributed by atoms with Crippen LogP contribution in [-0.4, -0.2) is 28.0 Å². The van der Waals surface area contributed by atoms with Crippen molar-refractivity contribution < 1.29 is 14.7 Å². The van der Waals surface area contributed by atoms with Crippen molar-refractivity contribution in [1.82, 2.24) is 0 Å². The van der Waals surface area contributed by atoms with Gasteiger partial charge in [0.2, 0.25) is 5.91 Å². The Morgan fingerprint density at radius 3 is 2.53 bits per heavy atom. The molecule has 1 aromatic rings. The molecule has 0 heterocycles. The summed E-state index contributed by atoms with van der Waals surface area (Å²) >= 11 is 13.1. The summed E-state index contributed by atoms with van der Waals surface area (Å²) < 4.78 is 0. The molecule has 0 spiro atoms. The van der Waals surface area contributed by atoms with Crippen LogP contribution in [0.1, 0.15) is 24.2 Å². The molecule has 0 radical (unpaired) electrons. The zero-order valence-electron chi connectivity index (χ0n) is 10.4. The maximum Gasteiger partial charge on any atom is 0.337 e. The predicted octanol–water partition coefficient (Wildman–Crippen LogP) is 3.77. The van der Waals surface area contributed by atoms with Crippen LogP contribution in [0.5, 0.6) is 0 Å². The number of aromatic carboxylic acids is 1. The van der Waals surface area contributed by atoms with Crippen molar-refractivity contribution in [1.29, 1.82) is 0 Å². The molecule has 1 amide bonds. The van der Waals surface area contributed by atoms with Crippen LogP contribution < -0.4 is 5.32 Å². The Kier molecular flexibility index (Phi) is 5.97. The molecule has 104 valence electrons. The Labute approximate surface area is 125 Å². The van der Waals surface area contributed by atoms with Gasteiger partial charge in [0.15, 0.2) is 0 Å². The lowest BCUT2D eigenvalue weighted by molar-refractivity contribution is -0.113. The third kappa shape index (κ3) is 4.93. The summed E-state index contributed by atoms with van der Waals surface area (Å²) in [6.07, 6.45) is 0. The van der Waals surface area contributed by atoms with Crippen LogP contribution in [0, 0.1) is 0 Å². The van der Waals surface area contributed by atoms with Crippen molar-refractivity contribution in [2.75, 3.05) is 11.1 Å². The van der Waals surface area contributed by atoms with Gasteiger partial charge in [0.1, 0.15) is 0 Å². The van der Waals surface area contributed by atoms with Crippen molar-refractivity contribution in [3.63, 3.8) is 0 Å². The molecule has 0 fully saturated rings. The quantitative estimate of drug-likeness (QED) is 0.866. The molecule has 1 rings (SSSR count). The Morgan fingerprint density at radius 1 is 1.37 bits per heavy atom. The number of rotatable bonds is 5. The van der Waals surface area contributed by atoms with E-state index in [0.29, 0.717) is 5.25 Å². The van der Waals surface area contributed by atoms with Crippen molar-refractivity contribution in [3.05, 3.63) is 27.7 Å². The SMILES string of the molecule is CC(C)SCC(=O)Nc1c(Cl)cc(Cl)cc1C(=O)O. The van der Waals surface area contributed by atoms with E-state index in [-0.39, 0.29) is 33.0 Å². The lowest BCUT2D eigenvalue weighted by atomic mass is 10.1. The summed E-state index contributed by atoms with van der Waals surface area (Å²) in [4.78, 5) is 22.8. The molecular weight excluding hydrogens is 309 g/mol. The van der Waals surface area contributed by atoms with Gasteiger partial charge in [0.25, 0.3) is 0 Å². The van der Waals surface area contributed by atoms with Crippen LogP contribution in [0.3, 0.4) is 0 Å². The number of carbonyl (C=O) groups excluding carboxylic acids is 1. The Balaban J connectivity index is 2.94. The van der Waals surface area contributed by atoms with Crippen molar-refractivity contribution in [2.24, 2.45) is 0 Å². The minimum absolute atomic E-state index is 0.0768. The average molecular weight is 322 g/mol. The molecule has 19 heavy (non-hydrogen) atoms. The maximum atomic E-state index is 11.7. The smallest absolute Gasteiger partial charge is 0.337 e. The summed E-state index contributed by atoms with van der Waals surface area (Å²) in [5.74, 6) is -1.27. The van der Waals surface area contributed by atoms with Crippen molar-refractivity contribution in [3.8, 4) is 0 Å². The number of thioether (sulfide) groups is 1. The molecule has 1 aromatic carbocycles. The molecule has 0 bridgehead atoms. The van der Waals surface area contributed by atoms with Gasteiger partial charge in [-0.2, -0.15) is 0 Å². The maximum absolute atomic E-state index is 11.7. The van der Waals surface area contributed by atoms with Gasteiger partial charge in [-0.15, -0.1) is 11.8 Å². The van der Waals surface area contributed by atoms with Crippen LogP contribution in [0.15, 0.2) is 12.1 Å². The first kappa shape index (κ1) is 16.1. The van der Waals surface area contributed by atoms with E-state index >= 15 is 0 Å². The molecule has 0 atom stereocenters. The number of hydrogen-bond donors (Lipinski definition) is 2. The first-order valence-electron chi connectivity index (χ1n) is 5.45. The van der Waals surface area contributed by atoms with Crippen molar-refractivity contribution in [2.45, 2.75) is 19.1 Å². The summed E-state index contributed by atoms with van der Waals surface area (Å²) in [5, 5.41) is 12.2. The topological polar surface area (TPSA) is 66.4 Å². The van der Waals surface area contributed by atoms with Crippen LogP contribution in [0.4, 0.5) is 5.69 Å². The van der Waals surface area contributed by atoms with Gasteiger partial charge in [-0.25, -0.2) is 4.79 Å². The Hall–Kier alpha value is -0.910. The van der Waals surface area contributed by atoms with Gasteiger partial charge in [0.05, 0.1) is 22.0 Å². The second-order valence-corrected chi connectivity index (χ2v) is 6.43. The van der Waals surface area contributed by atoms with E-state index in [0.717, 1.165) is 0 Å². The van der Waals surface area contributed by atoms with E-state index in [1.54, 1.807) is 0 Å². The number of halogens is 2. The molecule has 0 saturated carbocycles. The number of nitrogens with one attached hydrogen (secondary N) is 1. The fourth-order valence-electron chi connectivity index (χ4n) is 1.29. The van der Waals surface area contributed by atoms with Gasteiger partial charge >= 0.3 is 5.97 Å². The van der Waals surface area contributed by atoms with Crippen LogP contribution in [-0.2, 0) is 4.79 Å². The molecule has 7 heteroatoms. The fraction of sp³-hybridized carbons (Fsp3) is 0.333. The standard InChI is InChI=1S/C12H13Cl2NO3S/c1-6(2)19-5-10(16)15-11-8(12(17)18)3-7(13)4-9(11)14/h3-4,6H,5H2,1-2H3,(H,15,16)(H,17,18). The molecule has 0 aliphatic carbocycles. The van der Waals surface area contributed by atoms with Gasteiger partial charge in [-0.1, -0.05) is 37.0 Å². The van der Waals surface area contributed by atoms with E-state index in [2.05, 4.69) is 5.32 Å². The summed E-state index contributed by atoms with van der Waals surface area (Å²) in [6, 6.07) is 2.64. The van der Waals surface area contributed by atoms with Gasteiger partial charge < -0.3 is 10.4 Å². The van der Waals surface area contributed by atoms with Gasteiger partial charge in [0, 0.05) is 5.02 Å². The van der Waals surface area contributed by atoms with E-state index in [1.807, 2.05) is 13.8 Å². The first-order chi connectivity index (χ1) is 8.81. The minimum atomic E-state index is -1.20. The molecule has 0 aliphatic heterocycles. The second-order valence-electron chi connectivity index (χ2n) is 4.02. The van der Waals surface area contributed by atoms with E-state index in [9.17, 15) is 9.59 Å². The highest BCUT2D eigenvalue weighted by molar-refractivity contribution is 8.00. The minimum Gasteiger partial charge on any atom is -0.478 e. The number of benzene rings is 1. The number of carboxylic acid groups (broad SMARTS) is 1. The molecule has 4 nitrogen and oxygen atoms in total. The normalized spacial score (nSPS) is 10.6. The molecule has 0 unspecified atom stereocenters.